The van der Waals surface area contributed by atoms with Crippen LogP contribution in [0.4, 0.5) is 4.39 Å². The Kier molecular flexibility index (Phi) is 5.87. The summed E-state index contributed by atoms with van der Waals surface area (Å²) in [6, 6.07) is 5.40. The van der Waals surface area contributed by atoms with Gasteiger partial charge in [0.15, 0.2) is 5.84 Å². The lowest BCUT2D eigenvalue weighted by molar-refractivity contribution is 0.318. The first-order valence-electron chi connectivity index (χ1n) is 7.26. The SMILES string of the molecule is CCSC1CCC(NCc2cccc(/C(N)=N/O)c2F)C1. The number of halogens is 1. The lowest BCUT2D eigenvalue weighted by Crippen LogP contribution is -2.27. The van der Waals surface area contributed by atoms with Gasteiger partial charge in [0.05, 0.1) is 5.56 Å². The van der Waals surface area contributed by atoms with Crippen molar-refractivity contribution in [2.45, 2.75) is 44.0 Å². The van der Waals surface area contributed by atoms with E-state index in [1.165, 1.54) is 12.5 Å². The molecule has 2 rings (SSSR count). The molecule has 4 N–H and O–H groups in total. The monoisotopic (exact) mass is 311 g/mol. The van der Waals surface area contributed by atoms with E-state index < -0.39 is 5.82 Å². The summed E-state index contributed by atoms with van der Waals surface area (Å²) >= 11 is 2.00. The fourth-order valence-corrected chi connectivity index (χ4v) is 3.88. The molecular weight excluding hydrogens is 289 g/mol. The molecule has 0 spiro atoms. The fourth-order valence-electron chi connectivity index (χ4n) is 2.73. The zero-order valence-corrected chi connectivity index (χ0v) is 13.0. The quantitative estimate of drug-likeness (QED) is 0.327. The van der Waals surface area contributed by atoms with E-state index in [4.69, 9.17) is 10.9 Å². The molecule has 1 aromatic rings. The van der Waals surface area contributed by atoms with Crippen LogP contribution in [0.25, 0.3) is 0 Å². The molecule has 0 aromatic heterocycles. The summed E-state index contributed by atoms with van der Waals surface area (Å²) in [6.07, 6.45) is 3.50. The maximum absolute atomic E-state index is 14.3. The number of nitrogens with zero attached hydrogens (tertiary/aromatic N) is 1. The minimum Gasteiger partial charge on any atom is -0.409 e. The van der Waals surface area contributed by atoms with E-state index in [1.807, 2.05) is 11.8 Å². The highest BCUT2D eigenvalue weighted by molar-refractivity contribution is 7.99. The van der Waals surface area contributed by atoms with Crippen LogP contribution >= 0.6 is 11.8 Å². The molecule has 2 unspecified atom stereocenters. The van der Waals surface area contributed by atoms with Gasteiger partial charge in [-0.15, -0.1) is 0 Å². The van der Waals surface area contributed by atoms with Crippen molar-refractivity contribution in [3.05, 3.63) is 35.1 Å². The minimum absolute atomic E-state index is 0.141. The first kappa shape index (κ1) is 16.1. The second-order valence-corrected chi connectivity index (χ2v) is 6.81. The van der Waals surface area contributed by atoms with Crippen molar-refractivity contribution >= 4 is 17.6 Å². The molecule has 2 atom stereocenters. The third-order valence-electron chi connectivity index (χ3n) is 3.83. The normalized spacial score (nSPS) is 22.7. The van der Waals surface area contributed by atoms with Crippen LogP contribution in [0.2, 0.25) is 0 Å². The van der Waals surface area contributed by atoms with Crippen molar-refractivity contribution in [3.8, 4) is 0 Å². The van der Waals surface area contributed by atoms with Crippen molar-refractivity contribution < 1.29 is 9.60 Å². The average molecular weight is 311 g/mol. The lowest BCUT2D eigenvalue weighted by Gasteiger charge is -2.14. The Morgan fingerprint density at radius 3 is 3.05 bits per heavy atom. The van der Waals surface area contributed by atoms with Crippen LogP contribution in [-0.2, 0) is 6.54 Å². The fraction of sp³-hybridized carbons (Fsp3) is 0.533. The van der Waals surface area contributed by atoms with Gasteiger partial charge in [0.2, 0.25) is 0 Å². The van der Waals surface area contributed by atoms with Crippen LogP contribution in [0, 0.1) is 5.82 Å². The van der Waals surface area contributed by atoms with Gasteiger partial charge in [-0.25, -0.2) is 4.39 Å². The Morgan fingerprint density at radius 1 is 1.52 bits per heavy atom. The Balaban J connectivity index is 1.95. The first-order valence-corrected chi connectivity index (χ1v) is 8.30. The van der Waals surface area contributed by atoms with Crippen LogP contribution < -0.4 is 11.1 Å². The highest BCUT2D eigenvalue weighted by atomic mass is 32.2. The van der Waals surface area contributed by atoms with E-state index in [9.17, 15) is 4.39 Å². The van der Waals surface area contributed by atoms with Crippen LogP contribution in [0.15, 0.2) is 23.4 Å². The number of hydrogen-bond acceptors (Lipinski definition) is 4. The van der Waals surface area contributed by atoms with E-state index in [0.29, 0.717) is 18.2 Å². The summed E-state index contributed by atoms with van der Waals surface area (Å²) in [5, 5.41) is 15.7. The lowest BCUT2D eigenvalue weighted by atomic mass is 10.1. The van der Waals surface area contributed by atoms with Gasteiger partial charge in [0.25, 0.3) is 0 Å². The molecule has 0 saturated heterocycles. The Hall–Kier alpha value is -1.27. The predicted molar refractivity (Wildman–Crippen MR) is 85.3 cm³/mol. The zero-order valence-electron chi connectivity index (χ0n) is 12.2. The molecule has 1 fully saturated rings. The molecule has 1 aliphatic rings. The summed E-state index contributed by atoms with van der Waals surface area (Å²) in [6.45, 7) is 2.64. The average Bonchev–Trinajstić information content (AvgIpc) is 2.93. The number of amidine groups is 1. The Bertz CT molecular complexity index is 510. The van der Waals surface area contributed by atoms with Crippen molar-refractivity contribution in [1.29, 1.82) is 0 Å². The molecule has 1 aliphatic carbocycles. The third kappa shape index (κ3) is 4.11. The van der Waals surface area contributed by atoms with Crippen molar-refractivity contribution in [1.82, 2.24) is 5.32 Å². The van der Waals surface area contributed by atoms with Crippen molar-refractivity contribution in [2.75, 3.05) is 5.75 Å². The standard InChI is InChI=1S/C15H22FN3OS/c1-2-21-12-7-6-11(8-12)18-9-10-4-3-5-13(14(10)16)15(17)19-20/h3-5,11-12,18,20H,2,6-9H2,1H3,(H2,17,19). The number of nitrogens with one attached hydrogen (secondary N) is 1. The van der Waals surface area contributed by atoms with Gasteiger partial charge in [-0.2, -0.15) is 11.8 Å². The van der Waals surface area contributed by atoms with Crippen molar-refractivity contribution in [3.63, 3.8) is 0 Å². The highest BCUT2D eigenvalue weighted by Crippen LogP contribution is 2.29. The summed E-state index contributed by atoms with van der Waals surface area (Å²) in [4.78, 5) is 0. The van der Waals surface area contributed by atoms with Crippen LogP contribution in [0.5, 0.6) is 0 Å². The van der Waals surface area contributed by atoms with Gasteiger partial charge in [0, 0.05) is 23.4 Å². The molecule has 0 aliphatic heterocycles. The van der Waals surface area contributed by atoms with E-state index in [2.05, 4.69) is 17.4 Å². The van der Waals surface area contributed by atoms with E-state index >= 15 is 0 Å². The number of nitrogens with two attached hydrogens (primary N) is 1. The van der Waals surface area contributed by atoms with Gasteiger partial charge >= 0.3 is 0 Å². The molecule has 0 heterocycles. The van der Waals surface area contributed by atoms with Crippen LogP contribution in [-0.4, -0.2) is 28.1 Å². The van der Waals surface area contributed by atoms with E-state index in [1.54, 1.807) is 12.1 Å². The molecule has 1 aromatic carbocycles. The molecular formula is C15H22FN3OS. The highest BCUT2D eigenvalue weighted by Gasteiger charge is 2.24. The van der Waals surface area contributed by atoms with Gasteiger partial charge < -0.3 is 16.3 Å². The van der Waals surface area contributed by atoms with Gasteiger partial charge in [-0.1, -0.05) is 24.2 Å². The summed E-state index contributed by atoms with van der Waals surface area (Å²) in [5.41, 5.74) is 6.16. The van der Waals surface area contributed by atoms with Gasteiger partial charge in [-0.3, -0.25) is 0 Å². The first-order chi connectivity index (χ1) is 10.2. The van der Waals surface area contributed by atoms with Crippen molar-refractivity contribution in [2.24, 2.45) is 10.9 Å². The topological polar surface area (TPSA) is 70.6 Å². The number of oxime groups is 1. The summed E-state index contributed by atoms with van der Waals surface area (Å²) in [5.74, 6) is 0.529. The van der Waals surface area contributed by atoms with Gasteiger partial charge in [-0.05, 0) is 31.1 Å². The molecule has 0 radical (unpaired) electrons. The second-order valence-electron chi connectivity index (χ2n) is 5.23. The number of thioether (sulfide) groups is 1. The zero-order chi connectivity index (χ0) is 15.2. The molecule has 0 amide bonds. The maximum Gasteiger partial charge on any atom is 0.173 e. The summed E-state index contributed by atoms with van der Waals surface area (Å²) < 4.78 is 14.3. The van der Waals surface area contributed by atoms with Crippen LogP contribution in [0.1, 0.15) is 37.3 Å². The summed E-state index contributed by atoms with van der Waals surface area (Å²) in [7, 11) is 0. The second kappa shape index (κ2) is 7.66. The smallest absolute Gasteiger partial charge is 0.173 e. The number of hydrogen-bond donors (Lipinski definition) is 3. The number of benzene rings is 1. The molecule has 1 saturated carbocycles. The number of rotatable bonds is 6. The van der Waals surface area contributed by atoms with Gasteiger partial charge in [0.1, 0.15) is 5.82 Å². The predicted octanol–water partition coefficient (Wildman–Crippen LogP) is 2.68. The largest absolute Gasteiger partial charge is 0.409 e. The molecule has 116 valence electrons. The Morgan fingerprint density at radius 2 is 2.33 bits per heavy atom. The maximum atomic E-state index is 14.3. The molecule has 4 nitrogen and oxygen atoms in total. The van der Waals surface area contributed by atoms with Crippen LogP contribution in [0.3, 0.4) is 0 Å². The Labute approximate surface area is 129 Å². The third-order valence-corrected chi connectivity index (χ3v) is 5.06. The molecule has 21 heavy (non-hydrogen) atoms. The van der Waals surface area contributed by atoms with E-state index in [0.717, 1.165) is 23.8 Å². The minimum atomic E-state index is -0.419. The molecule has 6 heteroatoms. The van der Waals surface area contributed by atoms with E-state index in [-0.39, 0.29) is 11.4 Å². The molecule has 0 bridgehead atoms.